The van der Waals surface area contributed by atoms with Gasteiger partial charge < -0.3 is 9.84 Å². The van der Waals surface area contributed by atoms with Crippen LogP contribution in [0.25, 0.3) is 0 Å². The van der Waals surface area contributed by atoms with Crippen LogP contribution in [0.1, 0.15) is 20.3 Å². The fraction of sp³-hybridized carbons (Fsp3) is 0.778. The Balaban J connectivity index is 2.44. The second-order valence-electron chi connectivity index (χ2n) is 3.66. The molecule has 3 unspecified atom stereocenters. The minimum atomic E-state index is -3.46. The van der Waals surface area contributed by atoms with Crippen molar-refractivity contribution in [1.82, 2.24) is 0 Å². The van der Waals surface area contributed by atoms with Gasteiger partial charge in [-0.3, -0.25) is 0 Å². The summed E-state index contributed by atoms with van der Waals surface area (Å²) in [4.78, 5) is 0. The topological polar surface area (TPSA) is 29.5 Å². The van der Waals surface area contributed by atoms with E-state index in [2.05, 4.69) is 4.74 Å². The largest absolute Gasteiger partial charge is 0.389 e. The molecule has 0 saturated carbocycles. The number of rotatable bonds is 3. The van der Waals surface area contributed by atoms with Crippen LogP contribution in [0.2, 0.25) is 0 Å². The van der Waals surface area contributed by atoms with Gasteiger partial charge in [0.2, 0.25) is 0 Å². The van der Waals surface area contributed by atoms with E-state index in [1.807, 2.05) is 0 Å². The second kappa shape index (κ2) is 3.90. The third kappa shape index (κ3) is 2.27. The smallest absolute Gasteiger partial charge is 0.328 e. The van der Waals surface area contributed by atoms with Gasteiger partial charge in [-0.25, -0.2) is 4.39 Å². The van der Waals surface area contributed by atoms with Gasteiger partial charge in [-0.05, 0) is 13.8 Å². The molecule has 1 rings (SSSR count). The summed E-state index contributed by atoms with van der Waals surface area (Å²) >= 11 is 0. The lowest BCUT2D eigenvalue weighted by Gasteiger charge is -2.40. The zero-order valence-electron chi connectivity index (χ0n) is 8.01. The van der Waals surface area contributed by atoms with Crippen molar-refractivity contribution in [2.24, 2.45) is 0 Å². The number of ether oxygens (including phenoxy) is 1. The first kappa shape index (κ1) is 11.5. The number of aliphatic hydroxyl groups excluding tert-OH is 1. The number of halogens is 3. The summed E-state index contributed by atoms with van der Waals surface area (Å²) in [5.74, 6) is -3.46. The van der Waals surface area contributed by atoms with Crippen LogP contribution in [0.3, 0.4) is 0 Å². The molecule has 1 fully saturated rings. The third-order valence-corrected chi connectivity index (χ3v) is 2.00. The van der Waals surface area contributed by atoms with Crippen molar-refractivity contribution in [3.8, 4) is 0 Å². The molecule has 0 spiro atoms. The predicted octanol–water partition coefficient (Wildman–Crippen LogP) is 2.03. The van der Waals surface area contributed by atoms with Crippen molar-refractivity contribution >= 4 is 0 Å². The van der Waals surface area contributed by atoms with E-state index in [4.69, 9.17) is 0 Å². The first-order valence-electron chi connectivity index (χ1n) is 4.34. The van der Waals surface area contributed by atoms with Crippen LogP contribution in [0.15, 0.2) is 11.6 Å². The maximum absolute atomic E-state index is 12.7. The average molecular weight is 210 g/mol. The zero-order chi connectivity index (χ0) is 10.9. The lowest BCUT2D eigenvalue weighted by molar-refractivity contribution is -0.361. The Morgan fingerprint density at radius 1 is 1.57 bits per heavy atom. The minimum absolute atomic E-state index is 0.279. The van der Waals surface area contributed by atoms with Crippen molar-refractivity contribution in [2.75, 3.05) is 0 Å². The normalized spacial score (nSPS) is 31.9. The van der Waals surface area contributed by atoms with Gasteiger partial charge >= 0.3 is 5.92 Å². The van der Waals surface area contributed by atoms with E-state index in [9.17, 15) is 18.3 Å². The molecule has 5 heteroatoms. The Kier molecular flexibility index (Phi) is 3.21. The maximum atomic E-state index is 12.7. The molecule has 2 nitrogen and oxygen atoms in total. The van der Waals surface area contributed by atoms with Gasteiger partial charge in [-0.2, -0.15) is 8.78 Å². The third-order valence-electron chi connectivity index (χ3n) is 2.00. The molecule has 0 amide bonds. The molecule has 0 aromatic carbocycles. The van der Waals surface area contributed by atoms with E-state index in [1.54, 1.807) is 13.8 Å². The molecular formula is C9H13F3O2. The zero-order valence-corrected chi connectivity index (χ0v) is 8.01. The molecule has 0 aliphatic carbocycles. The van der Waals surface area contributed by atoms with E-state index >= 15 is 0 Å². The highest BCUT2D eigenvalue weighted by Gasteiger charge is 2.60. The van der Waals surface area contributed by atoms with E-state index in [1.165, 1.54) is 6.08 Å². The molecule has 14 heavy (non-hydrogen) atoms. The minimum Gasteiger partial charge on any atom is -0.389 e. The Morgan fingerprint density at radius 2 is 2.14 bits per heavy atom. The first-order chi connectivity index (χ1) is 6.34. The SMILES string of the molecule is CC(C)=CC(O)CC1OC(F)C1(F)F. The molecule has 0 bridgehead atoms. The monoisotopic (exact) mass is 210 g/mol. The van der Waals surface area contributed by atoms with Gasteiger partial charge in [0, 0.05) is 6.42 Å². The van der Waals surface area contributed by atoms with Crippen molar-refractivity contribution in [1.29, 1.82) is 0 Å². The fourth-order valence-electron chi connectivity index (χ4n) is 1.28. The highest BCUT2D eigenvalue weighted by atomic mass is 19.3. The van der Waals surface area contributed by atoms with E-state index in [0.29, 0.717) is 0 Å². The Morgan fingerprint density at radius 3 is 2.50 bits per heavy atom. The number of alkyl halides is 3. The molecule has 1 aliphatic rings. The van der Waals surface area contributed by atoms with Gasteiger partial charge in [0.1, 0.15) is 6.10 Å². The summed E-state index contributed by atoms with van der Waals surface area (Å²) in [6.45, 7) is 3.47. The molecule has 1 aliphatic heterocycles. The van der Waals surface area contributed by atoms with Crippen LogP contribution < -0.4 is 0 Å². The van der Waals surface area contributed by atoms with Crippen LogP contribution in [-0.2, 0) is 4.74 Å². The van der Waals surface area contributed by atoms with Crippen molar-refractivity contribution in [2.45, 2.75) is 44.8 Å². The van der Waals surface area contributed by atoms with Crippen LogP contribution >= 0.6 is 0 Å². The quantitative estimate of drug-likeness (QED) is 0.722. The van der Waals surface area contributed by atoms with Crippen LogP contribution in [0.5, 0.6) is 0 Å². The van der Waals surface area contributed by atoms with Crippen LogP contribution in [-0.4, -0.2) is 29.6 Å². The van der Waals surface area contributed by atoms with E-state index in [-0.39, 0.29) is 6.42 Å². The Hall–Kier alpha value is -0.550. The highest BCUT2D eigenvalue weighted by molar-refractivity contribution is 5.01. The summed E-state index contributed by atoms with van der Waals surface area (Å²) in [5, 5.41) is 9.26. The molecule has 0 aromatic rings. The summed E-state index contributed by atoms with van der Waals surface area (Å²) < 4.78 is 41.7. The predicted molar refractivity (Wildman–Crippen MR) is 44.8 cm³/mol. The Labute approximate surface area is 80.4 Å². The molecule has 0 aromatic heterocycles. The number of allylic oxidation sites excluding steroid dienone is 1. The summed E-state index contributed by atoms with van der Waals surface area (Å²) in [6, 6.07) is 0. The molecule has 1 N–H and O–H groups in total. The standard InChI is InChI=1S/C9H13F3O2/c1-5(2)3-6(13)4-7-9(11,12)8(10)14-7/h3,6-8,13H,4H2,1-2H3. The molecule has 82 valence electrons. The molecule has 1 heterocycles. The fourth-order valence-corrected chi connectivity index (χ4v) is 1.28. The molecule has 1 saturated heterocycles. The number of hydrogen-bond acceptors (Lipinski definition) is 2. The van der Waals surface area contributed by atoms with Crippen LogP contribution in [0, 0.1) is 0 Å². The lowest BCUT2D eigenvalue weighted by atomic mass is 10.00. The first-order valence-corrected chi connectivity index (χ1v) is 4.34. The van der Waals surface area contributed by atoms with Gasteiger partial charge in [0.15, 0.2) is 0 Å². The number of hydrogen-bond donors (Lipinski definition) is 1. The van der Waals surface area contributed by atoms with Gasteiger partial charge in [-0.15, -0.1) is 0 Å². The Bertz CT molecular complexity index is 236. The van der Waals surface area contributed by atoms with Crippen molar-refractivity contribution in [3.63, 3.8) is 0 Å². The summed E-state index contributed by atoms with van der Waals surface area (Å²) in [6.07, 6.45) is -3.89. The molecule has 3 atom stereocenters. The number of aliphatic hydroxyl groups is 1. The second-order valence-corrected chi connectivity index (χ2v) is 3.66. The summed E-state index contributed by atoms with van der Waals surface area (Å²) in [7, 11) is 0. The van der Waals surface area contributed by atoms with Gasteiger partial charge in [-0.1, -0.05) is 11.6 Å². The van der Waals surface area contributed by atoms with Crippen LogP contribution in [0.4, 0.5) is 13.2 Å². The van der Waals surface area contributed by atoms with Crippen molar-refractivity contribution < 1.29 is 23.0 Å². The summed E-state index contributed by atoms with van der Waals surface area (Å²) in [5.41, 5.74) is 0.817. The van der Waals surface area contributed by atoms with E-state index < -0.39 is 24.5 Å². The highest BCUT2D eigenvalue weighted by Crippen LogP contribution is 2.41. The molecular weight excluding hydrogens is 197 g/mol. The van der Waals surface area contributed by atoms with Crippen molar-refractivity contribution in [3.05, 3.63) is 11.6 Å². The van der Waals surface area contributed by atoms with Gasteiger partial charge in [0.05, 0.1) is 6.10 Å². The van der Waals surface area contributed by atoms with Gasteiger partial charge in [0.25, 0.3) is 6.36 Å². The average Bonchev–Trinajstić information content (AvgIpc) is 2.02. The van der Waals surface area contributed by atoms with E-state index in [0.717, 1.165) is 5.57 Å². The lowest BCUT2D eigenvalue weighted by Crippen LogP contribution is -2.58. The maximum Gasteiger partial charge on any atom is 0.328 e. The molecule has 0 radical (unpaired) electrons.